The number of carbonyl (C=O) groups excluding carboxylic acids is 1. The normalized spacial score (nSPS) is 10.1. The third-order valence-corrected chi connectivity index (χ3v) is 3.41. The molecular formula is C13H14N2O2S. The number of likely N-dealkylation sites (N-methyl/N-ethyl adjacent to an activating group) is 1. The van der Waals surface area contributed by atoms with Crippen molar-refractivity contribution in [2.75, 3.05) is 18.6 Å². The zero-order chi connectivity index (χ0) is 13.0. The van der Waals surface area contributed by atoms with Crippen molar-refractivity contribution in [1.29, 1.82) is 0 Å². The molecule has 18 heavy (non-hydrogen) atoms. The Balaban J connectivity index is 1.92. The van der Waals surface area contributed by atoms with Crippen LogP contribution in [0.4, 0.5) is 5.13 Å². The van der Waals surface area contributed by atoms with Crippen LogP contribution in [0, 0.1) is 6.92 Å². The van der Waals surface area contributed by atoms with Gasteiger partial charge in [0.15, 0.2) is 11.7 Å². The zero-order valence-corrected chi connectivity index (χ0v) is 11.1. The molecule has 2 rings (SSSR count). The molecular weight excluding hydrogens is 248 g/mol. The molecule has 1 heterocycles. The van der Waals surface area contributed by atoms with E-state index in [-0.39, 0.29) is 12.5 Å². The molecule has 0 aliphatic rings. The molecule has 5 heteroatoms. The second kappa shape index (κ2) is 5.64. The molecule has 94 valence electrons. The summed E-state index contributed by atoms with van der Waals surface area (Å²) < 4.78 is 5.40. The molecule has 0 N–H and O–H groups in total. The second-order valence-corrected chi connectivity index (χ2v) is 4.66. The summed E-state index contributed by atoms with van der Waals surface area (Å²) in [5.74, 6) is 0.572. The summed E-state index contributed by atoms with van der Waals surface area (Å²) >= 11 is 1.45. The number of benzene rings is 1. The average molecular weight is 262 g/mol. The maximum Gasteiger partial charge on any atom is 0.266 e. The lowest BCUT2D eigenvalue weighted by Crippen LogP contribution is -2.31. The Bertz CT molecular complexity index is 525. The van der Waals surface area contributed by atoms with Crippen LogP contribution in [0.3, 0.4) is 0 Å². The molecule has 0 unspecified atom stereocenters. The van der Waals surface area contributed by atoms with Gasteiger partial charge in [-0.15, -0.1) is 11.3 Å². The number of rotatable bonds is 4. The summed E-state index contributed by atoms with van der Waals surface area (Å²) in [6, 6.07) is 9.28. The van der Waals surface area contributed by atoms with Crippen LogP contribution in [0.25, 0.3) is 0 Å². The average Bonchev–Trinajstić information content (AvgIpc) is 2.83. The lowest BCUT2D eigenvalue weighted by molar-refractivity contribution is -0.120. The number of para-hydroxylation sites is 1. The largest absolute Gasteiger partial charge is 0.484 e. The van der Waals surface area contributed by atoms with Crippen LogP contribution in [0.15, 0.2) is 35.7 Å². The van der Waals surface area contributed by atoms with Crippen molar-refractivity contribution in [2.24, 2.45) is 0 Å². The third-order valence-electron chi connectivity index (χ3n) is 2.37. The van der Waals surface area contributed by atoms with Crippen LogP contribution in [0.2, 0.25) is 0 Å². The van der Waals surface area contributed by atoms with E-state index in [1.807, 2.05) is 42.6 Å². The van der Waals surface area contributed by atoms with Crippen molar-refractivity contribution < 1.29 is 9.53 Å². The fourth-order valence-electron chi connectivity index (χ4n) is 1.36. The van der Waals surface area contributed by atoms with E-state index < -0.39 is 0 Å². The molecule has 0 aliphatic heterocycles. The monoisotopic (exact) mass is 262 g/mol. The zero-order valence-electron chi connectivity index (χ0n) is 10.3. The van der Waals surface area contributed by atoms with E-state index in [9.17, 15) is 4.79 Å². The van der Waals surface area contributed by atoms with Crippen LogP contribution in [-0.2, 0) is 4.79 Å². The van der Waals surface area contributed by atoms with E-state index in [1.54, 1.807) is 7.05 Å². The van der Waals surface area contributed by atoms with Gasteiger partial charge in [-0.3, -0.25) is 9.69 Å². The first-order valence-electron chi connectivity index (χ1n) is 5.53. The van der Waals surface area contributed by atoms with Gasteiger partial charge in [0.25, 0.3) is 5.91 Å². The standard InChI is InChI=1S/C13H14N2O2S/c1-10-9-18-13(14-10)15(2)12(16)8-17-11-6-4-3-5-7-11/h3-7,9H,8H2,1-2H3. The van der Waals surface area contributed by atoms with E-state index >= 15 is 0 Å². The Morgan fingerprint density at radius 2 is 2.11 bits per heavy atom. The first-order chi connectivity index (χ1) is 8.66. The van der Waals surface area contributed by atoms with Crippen molar-refractivity contribution in [3.8, 4) is 5.75 Å². The molecule has 4 nitrogen and oxygen atoms in total. The molecule has 0 atom stereocenters. The molecule has 0 saturated heterocycles. The van der Waals surface area contributed by atoms with Crippen LogP contribution < -0.4 is 9.64 Å². The summed E-state index contributed by atoms with van der Waals surface area (Å²) in [4.78, 5) is 17.7. The highest BCUT2D eigenvalue weighted by atomic mass is 32.1. The molecule has 0 aliphatic carbocycles. The number of thiazole rings is 1. The van der Waals surface area contributed by atoms with Gasteiger partial charge in [0, 0.05) is 12.4 Å². The number of carbonyl (C=O) groups is 1. The van der Waals surface area contributed by atoms with E-state index in [1.165, 1.54) is 16.2 Å². The molecule has 2 aromatic rings. The van der Waals surface area contributed by atoms with Gasteiger partial charge in [-0.1, -0.05) is 18.2 Å². The summed E-state index contributed by atoms with van der Waals surface area (Å²) in [6.45, 7) is 1.91. The van der Waals surface area contributed by atoms with E-state index in [4.69, 9.17) is 4.74 Å². The Morgan fingerprint density at radius 3 is 2.72 bits per heavy atom. The van der Waals surface area contributed by atoms with Gasteiger partial charge < -0.3 is 4.74 Å². The number of aromatic nitrogens is 1. The predicted molar refractivity (Wildman–Crippen MR) is 72.2 cm³/mol. The van der Waals surface area contributed by atoms with Gasteiger partial charge in [-0.05, 0) is 19.1 Å². The molecule has 1 amide bonds. The lowest BCUT2D eigenvalue weighted by Gasteiger charge is -2.14. The molecule has 0 saturated carbocycles. The molecule has 1 aromatic carbocycles. The van der Waals surface area contributed by atoms with Crippen LogP contribution in [0.5, 0.6) is 5.75 Å². The van der Waals surface area contributed by atoms with E-state index in [0.717, 1.165) is 5.69 Å². The number of amides is 1. The van der Waals surface area contributed by atoms with Crippen molar-refractivity contribution in [3.63, 3.8) is 0 Å². The molecule has 1 aromatic heterocycles. The predicted octanol–water partition coefficient (Wildman–Crippen LogP) is 2.49. The van der Waals surface area contributed by atoms with Crippen molar-refractivity contribution in [1.82, 2.24) is 4.98 Å². The van der Waals surface area contributed by atoms with E-state index in [2.05, 4.69) is 4.98 Å². The number of ether oxygens (including phenoxy) is 1. The highest BCUT2D eigenvalue weighted by Gasteiger charge is 2.14. The number of anilines is 1. The number of hydrogen-bond donors (Lipinski definition) is 0. The van der Waals surface area contributed by atoms with E-state index in [0.29, 0.717) is 10.9 Å². The maximum absolute atomic E-state index is 11.9. The third kappa shape index (κ3) is 3.07. The quantitative estimate of drug-likeness (QED) is 0.850. The minimum Gasteiger partial charge on any atom is -0.484 e. The maximum atomic E-state index is 11.9. The summed E-state index contributed by atoms with van der Waals surface area (Å²) in [7, 11) is 1.70. The smallest absolute Gasteiger partial charge is 0.266 e. The molecule has 0 spiro atoms. The van der Waals surface area contributed by atoms with Crippen LogP contribution >= 0.6 is 11.3 Å². The molecule has 0 bridgehead atoms. The number of hydrogen-bond acceptors (Lipinski definition) is 4. The van der Waals surface area contributed by atoms with Gasteiger partial charge in [0.1, 0.15) is 5.75 Å². The highest BCUT2D eigenvalue weighted by molar-refractivity contribution is 7.14. The van der Waals surface area contributed by atoms with Crippen molar-refractivity contribution in [3.05, 3.63) is 41.4 Å². The fraction of sp³-hybridized carbons (Fsp3) is 0.231. The second-order valence-electron chi connectivity index (χ2n) is 3.83. The first-order valence-corrected chi connectivity index (χ1v) is 6.41. The van der Waals surface area contributed by atoms with Crippen LogP contribution in [-0.4, -0.2) is 24.5 Å². The number of nitrogens with zero attached hydrogens (tertiary/aromatic N) is 2. The van der Waals surface area contributed by atoms with Gasteiger partial charge >= 0.3 is 0 Å². The highest BCUT2D eigenvalue weighted by Crippen LogP contribution is 2.19. The van der Waals surface area contributed by atoms with Gasteiger partial charge in [0.05, 0.1) is 5.69 Å². The lowest BCUT2D eigenvalue weighted by atomic mass is 10.3. The topological polar surface area (TPSA) is 42.4 Å². The SMILES string of the molecule is Cc1csc(N(C)C(=O)COc2ccccc2)n1. The summed E-state index contributed by atoms with van der Waals surface area (Å²) in [6.07, 6.45) is 0. The Kier molecular flexibility index (Phi) is 3.94. The molecule has 0 radical (unpaired) electrons. The van der Waals surface area contributed by atoms with Crippen molar-refractivity contribution in [2.45, 2.75) is 6.92 Å². The Morgan fingerprint density at radius 1 is 1.39 bits per heavy atom. The van der Waals surface area contributed by atoms with Gasteiger partial charge in [0.2, 0.25) is 0 Å². The summed E-state index contributed by atoms with van der Waals surface area (Å²) in [5, 5.41) is 2.60. The van der Waals surface area contributed by atoms with Gasteiger partial charge in [-0.25, -0.2) is 4.98 Å². The fourth-order valence-corrected chi connectivity index (χ4v) is 2.15. The summed E-state index contributed by atoms with van der Waals surface area (Å²) in [5.41, 5.74) is 0.915. The molecule has 0 fully saturated rings. The Labute approximate surface area is 110 Å². The van der Waals surface area contributed by atoms with Crippen LogP contribution in [0.1, 0.15) is 5.69 Å². The van der Waals surface area contributed by atoms with Crippen molar-refractivity contribution >= 4 is 22.4 Å². The minimum atomic E-state index is -0.117. The minimum absolute atomic E-state index is 0.0130. The Hall–Kier alpha value is -1.88. The first kappa shape index (κ1) is 12.6. The number of aryl methyl sites for hydroxylation is 1. The van der Waals surface area contributed by atoms with Gasteiger partial charge in [-0.2, -0.15) is 0 Å².